The quantitative estimate of drug-likeness (QED) is 0.942. The van der Waals surface area contributed by atoms with Gasteiger partial charge in [0.05, 0.1) is 5.69 Å². The number of nitrogens with two attached hydrogens (primary N) is 1. The Kier molecular flexibility index (Phi) is 3.87. The highest BCUT2D eigenvalue weighted by atomic mass is 35.5. The molecule has 102 valence electrons. The summed E-state index contributed by atoms with van der Waals surface area (Å²) in [6.45, 7) is 1.80. The van der Waals surface area contributed by atoms with Gasteiger partial charge in [0.25, 0.3) is 0 Å². The fraction of sp³-hybridized carbons (Fsp3) is 0.308. The molecule has 19 heavy (non-hydrogen) atoms. The lowest BCUT2D eigenvalue weighted by Crippen LogP contribution is -2.16. The largest absolute Gasteiger partial charge is 0.324 e. The minimum atomic E-state index is -0.670. The van der Waals surface area contributed by atoms with Gasteiger partial charge in [-0.2, -0.15) is 5.10 Å². The van der Waals surface area contributed by atoms with E-state index in [4.69, 9.17) is 17.3 Å². The fourth-order valence-electron chi connectivity index (χ4n) is 2.03. The number of rotatable bonds is 3. The van der Waals surface area contributed by atoms with E-state index in [1.165, 1.54) is 4.68 Å². The van der Waals surface area contributed by atoms with Gasteiger partial charge in [-0.05, 0) is 31.5 Å². The van der Waals surface area contributed by atoms with Crippen LogP contribution in [0.1, 0.15) is 22.9 Å². The Balaban J connectivity index is 2.30. The predicted molar refractivity (Wildman–Crippen MR) is 69.9 cm³/mol. The van der Waals surface area contributed by atoms with Gasteiger partial charge in [0.15, 0.2) is 0 Å². The summed E-state index contributed by atoms with van der Waals surface area (Å²) in [5.41, 5.74) is 7.57. The van der Waals surface area contributed by atoms with E-state index >= 15 is 0 Å². The maximum Gasteiger partial charge on any atom is 0.130 e. The molecule has 0 aliphatic rings. The van der Waals surface area contributed by atoms with Crippen LogP contribution in [0.5, 0.6) is 0 Å². The number of aryl methyl sites for hydroxylation is 2. The number of hydrogen-bond donors (Lipinski definition) is 1. The number of nitrogens with zero attached hydrogens (tertiary/aromatic N) is 2. The Morgan fingerprint density at radius 2 is 2.11 bits per heavy atom. The van der Waals surface area contributed by atoms with E-state index in [2.05, 4.69) is 5.10 Å². The highest BCUT2D eigenvalue weighted by Gasteiger charge is 2.18. The van der Waals surface area contributed by atoms with Crippen LogP contribution in [-0.2, 0) is 13.5 Å². The first-order chi connectivity index (χ1) is 8.90. The SMILES string of the molecule is Cc1nn(C)c(Cl)c1CC(N)c1cc(F)ccc1F. The van der Waals surface area contributed by atoms with E-state index in [9.17, 15) is 8.78 Å². The number of halogens is 3. The summed E-state index contributed by atoms with van der Waals surface area (Å²) >= 11 is 6.09. The van der Waals surface area contributed by atoms with Gasteiger partial charge < -0.3 is 5.73 Å². The van der Waals surface area contributed by atoms with Crippen molar-refractivity contribution in [3.05, 3.63) is 51.8 Å². The highest BCUT2D eigenvalue weighted by Crippen LogP contribution is 2.26. The number of aromatic nitrogens is 2. The minimum absolute atomic E-state index is 0.138. The predicted octanol–water partition coefficient (Wildman–Crippen LogP) is 2.90. The first-order valence-electron chi connectivity index (χ1n) is 5.78. The molecule has 0 saturated heterocycles. The summed E-state index contributed by atoms with van der Waals surface area (Å²) in [6, 6.07) is 2.58. The van der Waals surface area contributed by atoms with Crippen LogP contribution in [0.2, 0.25) is 5.15 Å². The first-order valence-corrected chi connectivity index (χ1v) is 6.16. The molecule has 0 amide bonds. The standard InChI is InChI=1S/C13H14ClF2N3/c1-7-9(13(14)19(2)18-7)6-12(17)10-5-8(15)3-4-11(10)16/h3-5,12H,6,17H2,1-2H3. The van der Waals surface area contributed by atoms with Crippen molar-refractivity contribution in [2.75, 3.05) is 0 Å². The molecule has 0 aliphatic carbocycles. The summed E-state index contributed by atoms with van der Waals surface area (Å²) in [4.78, 5) is 0. The zero-order chi connectivity index (χ0) is 14.2. The van der Waals surface area contributed by atoms with E-state index in [0.29, 0.717) is 11.6 Å². The van der Waals surface area contributed by atoms with Crippen molar-refractivity contribution in [3.8, 4) is 0 Å². The fourth-order valence-corrected chi connectivity index (χ4v) is 2.29. The van der Waals surface area contributed by atoms with Gasteiger partial charge in [-0.15, -0.1) is 0 Å². The third-order valence-corrected chi connectivity index (χ3v) is 3.52. The van der Waals surface area contributed by atoms with Crippen molar-refractivity contribution >= 4 is 11.6 Å². The average Bonchev–Trinajstić information content (AvgIpc) is 2.59. The van der Waals surface area contributed by atoms with Gasteiger partial charge in [-0.1, -0.05) is 11.6 Å². The third-order valence-electron chi connectivity index (χ3n) is 3.05. The van der Waals surface area contributed by atoms with Crippen LogP contribution < -0.4 is 5.73 Å². The second kappa shape index (κ2) is 5.27. The topological polar surface area (TPSA) is 43.8 Å². The van der Waals surface area contributed by atoms with Gasteiger partial charge in [0.2, 0.25) is 0 Å². The van der Waals surface area contributed by atoms with Crippen LogP contribution in [0.4, 0.5) is 8.78 Å². The molecule has 1 atom stereocenters. The molecule has 2 N–H and O–H groups in total. The maximum atomic E-state index is 13.6. The Bertz CT molecular complexity index is 610. The smallest absolute Gasteiger partial charge is 0.130 e. The molecule has 0 bridgehead atoms. The zero-order valence-corrected chi connectivity index (χ0v) is 11.4. The minimum Gasteiger partial charge on any atom is -0.324 e. The molecule has 0 saturated carbocycles. The molecule has 0 fully saturated rings. The van der Waals surface area contributed by atoms with Crippen molar-refractivity contribution in [3.63, 3.8) is 0 Å². The van der Waals surface area contributed by atoms with Crippen molar-refractivity contribution < 1.29 is 8.78 Å². The van der Waals surface area contributed by atoms with Crippen LogP contribution in [0.15, 0.2) is 18.2 Å². The van der Waals surface area contributed by atoms with E-state index in [1.807, 2.05) is 0 Å². The van der Waals surface area contributed by atoms with Crippen molar-refractivity contribution in [2.45, 2.75) is 19.4 Å². The van der Waals surface area contributed by atoms with Gasteiger partial charge in [0.1, 0.15) is 16.8 Å². The molecule has 0 aliphatic heterocycles. The normalized spacial score (nSPS) is 12.7. The van der Waals surface area contributed by atoms with E-state index < -0.39 is 17.7 Å². The molecule has 1 aromatic heterocycles. The maximum absolute atomic E-state index is 13.6. The summed E-state index contributed by atoms with van der Waals surface area (Å²) < 4.78 is 28.3. The molecule has 1 aromatic carbocycles. The van der Waals surface area contributed by atoms with E-state index in [1.54, 1.807) is 14.0 Å². The molecule has 1 heterocycles. The third kappa shape index (κ3) is 2.77. The Hall–Kier alpha value is -1.46. The molecule has 0 radical (unpaired) electrons. The second-order valence-corrected chi connectivity index (χ2v) is 4.81. The van der Waals surface area contributed by atoms with E-state index in [0.717, 1.165) is 29.5 Å². The van der Waals surface area contributed by atoms with Gasteiger partial charge >= 0.3 is 0 Å². The van der Waals surface area contributed by atoms with Crippen LogP contribution in [-0.4, -0.2) is 9.78 Å². The molecule has 0 spiro atoms. The molecular weight excluding hydrogens is 272 g/mol. The van der Waals surface area contributed by atoms with Crippen LogP contribution in [0, 0.1) is 18.6 Å². The second-order valence-electron chi connectivity index (χ2n) is 4.45. The van der Waals surface area contributed by atoms with Crippen molar-refractivity contribution in [1.82, 2.24) is 9.78 Å². The first kappa shape index (κ1) is 14.0. The van der Waals surface area contributed by atoms with Gasteiger partial charge in [-0.3, -0.25) is 4.68 Å². The Labute approximate surface area is 115 Å². The number of hydrogen-bond acceptors (Lipinski definition) is 2. The number of benzene rings is 1. The molecule has 3 nitrogen and oxygen atoms in total. The summed E-state index contributed by atoms with van der Waals surface area (Å²) in [6.07, 6.45) is 0.304. The summed E-state index contributed by atoms with van der Waals surface area (Å²) in [7, 11) is 1.72. The lowest BCUT2D eigenvalue weighted by molar-refractivity contribution is 0.560. The summed E-state index contributed by atoms with van der Waals surface area (Å²) in [5.74, 6) is -1.03. The van der Waals surface area contributed by atoms with Crippen LogP contribution >= 0.6 is 11.6 Å². The molecular formula is C13H14ClF2N3. The Morgan fingerprint density at radius 1 is 1.42 bits per heavy atom. The summed E-state index contributed by atoms with van der Waals surface area (Å²) in [5, 5.41) is 4.62. The lowest BCUT2D eigenvalue weighted by Gasteiger charge is -2.13. The highest BCUT2D eigenvalue weighted by molar-refractivity contribution is 6.30. The molecule has 1 unspecified atom stereocenters. The molecule has 2 aromatic rings. The zero-order valence-electron chi connectivity index (χ0n) is 10.6. The Morgan fingerprint density at radius 3 is 2.68 bits per heavy atom. The van der Waals surface area contributed by atoms with Gasteiger partial charge in [0, 0.05) is 24.2 Å². The molecule has 2 rings (SSSR count). The van der Waals surface area contributed by atoms with E-state index in [-0.39, 0.29) is 5.56 Å². The lowest BCUT2D eigenvalue weighted by atomic mass is 9.99. The molecule has 6 heteroatoms. The van der Waals surface area contributed by atoms with Crippen LogP contribution in [0.3, 0.4) is 0 Å². The van der Waals surface area contributed by atoms with Gasteiger partial charge in [-0.25, -0.2) is 8.78 Å². The monoisotopic (exact) mass is 285 g/mol. The van der Waals surface area contributed by atoms with Crippen molar-refractivity contribution in [2.24, 2.45) is 12.8 Å². The van der Waals surface area contributed by atoms with Crippen LogP contribution in [0.25, 0.3) is 0 Å². The van der Waals surface area contributed by atoms with Crippen molar-refractivity contribution in [1.29, 1.82) is 0 Å². The average molecular weight is 286 g/mol.